The molecule has 2 heteroatoms. The normalized spacial score (nSPS) is 25.0. The number of hydrogen-bond donors (Lipinski definition) is 0. The minimum absolute atomic E-state index is 0.178. The summed E-state index contributed by atoms with van der Waals surface area (Å²) in [6.45, 7) is 4.54. The highest BCUT2D eigenvalue weighted by Gasteiger charge is 2.15. The highest BCUT2D eigenvalue weighted by molar-refractivity contribution is 5.74. The maximum Gasteiger partial charge on any atom is 0.219 e. The van der Waals surface area contributed by atoms with Crippen LogP contribution in [-0.2, 0) is 4.79 Å². The van der Waals surface area contributed by atoms with Gasteiger partial charge in [-0.15, -0.1) is 0 Å². The molecule has 1 aliphatic heterocycles. The molecule has 0 bridgehead atoms. The molecule has 0 aromatic carbocycles. The van der Waals surface area contributed by atoms with Gasteiger partial charge in [0, 0.05) is 19.5 Å². The van der Waals surface area contributed by atoms with Crippen LogP contribution in [0.1, 0.15) is 20.3 Å². The van der Waals surface area contributed by atoms with Gasteiger partial charge in [0.2, 0.25) is 5.91 Å². The number of amides is 1. The molecule has 1 atom stereocenters. The van der Waals surface area contributed by atoms with Gasteiger partial charge >= 0.3 is 0 Å². The number of nitrogens with zero attached hydrogens (tertiary/aromatic N) is 1. The average molecular weight is 139 g/mol. The van der Waals surface area contributed by atoms with Crippen molar-refractivity contribution in [3.63, 3.8) is 0 Å². The first-order chi connectivity index (χ1) is 4.72. The number of carbonyl (C=O) groups excluding carboxylic acids is 1. The summed E-state index contributed by atoms with van der Waals surface area (Å²) in [6.07, 6.45) is 5.21. The second-order valence-corrected chi connectivity index (χ2v) is 2.67. The van der Waals surface area contributed by atoms with Crippen LogP contribution in [0.2, 0.25) is 0 Å². The minimum Gasteiger partial charge on any atom is -0.336 e. The second kappa shape index (κ2) is 2.86. The van der Waals surface area contributed by atoms with Gasteiger partial charge in [0.1, 0.15) is 0 Å². The standard InChI is InChI=1S/C8H13NO/c1-7-5-3-4-6-9(7)8(2)10/h3,5,7H,4,6H2,1-2H3/t7-/m1/s1. The van der Waals surface area contributed by atoms with E-state index in [9.17, 15) is 4.79 Å². The third-order valence-electron chi connectivity index (χ3n) is 1.85. The molecule has 0 spiro atoms. The first-order valence-corrected chi connectivity index (χ1v) is 3.65. The van der Waals surface area contributed by atoms with Crippen LogP contribution in [0.3, 0.4) is 0 Å². The molecule has 10 heavy (non-hydrogen) atoms. The van der Waals surface area contributed by atoms with Gasteiger partial charge in [-0.2, -0.15) is 0 Å². The summed E-state index contributed by atoms with van der Waals surface area (Å²) in [5.74, 6) is 0.178. The van der Waals surface area contributed by atoms with Crippen LogP contribution in [0, 0.1) is 0 Å². The molecule has 0 saturated carbocycles. The first-order valence-electron chi connectivity index (χ1n) is 3.65. The highest BCUT2D eigenvalue weighted by atomic mass is 16.2. The molecule has 1 rings (SSSR count). The van der Waals surface area contributed by atoms with Crippen molar-refractivity contribution in [3.05, 3.63) is 12.2 Å². The highest BCUT2D eigenvalue weighted by Crippen LogP contribution is 2.08. The van der Waals surface area contributed by atoms with Crippen LogP contribution in [0.25, 0.3) is 0 Å². The minimum atomic E-state index is 0.178. The molecule has 0 fully saturated rings. The predicted octanol–water partition coefficient (Wildman–Crippen LogP) is 1.18. The zero-order chi connectivity index (χ0) is 7.56. The average Bonchev–Trinajstić information content (AvgIpc) is 1.88. The lowest BCUT2D eigenvalue weighted by Crippen LogP contribution is -2.38. The Bertz CT molecular complexity index is 163. The van der Waals surface area contributed by atoms with Gasteiger partial charge in [0.25, 0.3) is 0 Å². The van der Waals surface area contributed by atoms with Gasteiger partial charge in [0.15, 0.2) is 0 Å². The lowest BCUT2D eigenvalue weighted by atomic mass is 10.1. The summed E-state index contributed by atoms with van der Waals surface area (Å²) in [4.78, 5) is 12.8. The fourth-order valence-electron chi connectivity index (χ4n) is 1.26. The molecule has 56 valence electrons. The van der Waals surface area contributed by atoms with Crippen molar-refractivity contribution in [2.24, 2.45) is 0 Å². The fourth-order valence-corrected chi connectivity index (χ4v) is 1.26. The van der Waals surface area contributed by atoms with Gasteiger partial charge in [-0.25, -0.2) is 0 Å². The van der Waals surface area contributed by atoms with Crippen molar-refractivity contribution in [1.82, 2.24) is 4.90 Å². The molecule has 0 radical (unpaired) electrons. The summed E-state index contributed by atoms with van der Waals surface area (Å²) in [5.41, 5.74) is 0. The zero-order valence-corrected chi connectivity index (χ0v) is 6.50. The van der Waals surface area contributed by atoms with Gasteiger partial charge < -0.3 is 4.90 Å². The molecule has 0 aromatic rings. The molecule has 2 nitrogen and oxygen atoms in total. The van der Waals surface area contributed by atoms with Crippen LogP contribution in [0.5, 0.6) is 0 Å². The Morgan fingerprint density at radius 2 is 2.40 bits per heavy atom. The molecule has 0 aliphatic carbocycles. The van der Waals surface area contributed by atoms with Gasteiger partial charge in [-0.1, -0.05) is 12.2 Å². The topological polar surface area (TPSA) is 20.3 Å². The van der Waals surface area contributed by atoms with Gasteiger partial charge in [0.05, 0.1) is 0 Å². The van der Waals surface area contributed by atoms with E-state index in [0.717, 1.165) is 13.0 Å². The lowest BCUT2D eigenvalue weighted by Gasteiger charge is -2.28. The largest absolute Gasteiger partial charge is 0.336 e. The summed E-state index contributed by atoms with van der Waals surface area (Å²) >= 11 is 0. The third-order valence-corrected chi connectivity index (χ3v) is 1.85. The zero-order valence-electron chi connectivity index (χ0n) is 6.50. The molecule has 0 saturated heterocycles. The van der Waals surface area contributed by atoms with E-state index in [1.165, 1.54) is 0 Å². The van der Waals surface area contributed by atoms with Gasteiger partial charge in [-0.05, 0) is 13.3 Å². The molecule has 1 aliphatic rings. The Labute approximate surface area is 61.5 Å². The Kier molecular flexibility index (Phi) is 2.10. The predicted molar refractivity (Wildman–Crippen MR) is 40.6 cm³/mol. The van der Waals surface area contributed by atoms with Crippen molar-refractivity contribution < 1.29 is 4.79 Å². The summed E-state index contributed by atoms with van der Waals surface area (Å²) < 4.78 is 0. The van der Waals surface area contributed by atoms with Crippen LogP contribution in [-0.4, -0.2) is 23.4 Å². The quantitative estimate of drug-likeness (QED) is 0.461. The summed E-state index contributed by atoms with van der Waals surface area (Å²) in [6, 6.07) is 0.297. The van der Waals surface area contributed by atoms with E-state index in [0.29, 0.717) is 6.04 Å². The molecular weight excluding hydrogens is 126 g/mol. The van der Waals surface area contributed by atoms with E-state index >= 15 is 0 Å². The summed E-state index contributed by atoms with van der Waals surface area (Å²) in [7, 11) is 0. The Balaban J connectivity index is 2.60. The molecule has 0 unspecified atom stereocenters. The van der Waals surface area contributed by atoms with Crippen LogP contribution in [0.4, 0.5) is 0 Å². The van der Waals surface area contributed by atoms with Crippen molar-refractivity contribution in [3.8, 4) is 0 Å². The van der Waals surface area contributed by atoms with Crippen molar-refractivity contribution in [2.75, 3.05) is 6.54 Å². The van der Waals surface area contributed by atoms with Crippen LogP contribution < -0.4 is 0 Å². The van der Waals surface area contributed by atoms with E-state index in [-0.39, 0.29) is 5.91 Å². The Morgan fingerprint density at radius 1 is 1.70 bits per heavy atom. The van der Waals surface area contributed by atoms with Crippen LogP contribution >= 0.6 is 0 Å². The van der Waals surface area contributed by atoms with E-state index < -0.39 is 0 Å². The maximum absolute atomic E-state index is 10.9. The Hall–Kier alpha value is -0.790. The monoisotopic (exact) mass is 139 g/mol. The summed E-state index contributed by atoms with van der Waals surface area (Å²) in [5, 5.41) is 0. The van der Waals surface area contributed by atoms with Crippen molar-refractivity contribution in [2.45, 2.75) is 26.3 Å². The Morgan fingerprint density at radius 3 is 2.80 bits per heavy atom. The molecule has 1 heterocycles. The van der Waals surface area contributed by atoms with E-state index in [1.54, 1.807) is 6.92 Å². The SMILES string of the molecule is CC(=O)N1CCC=C[C@H]1C. The number of hydrogen-bond acceptors (Lipinski definition) is 1. The molecule has 1 amide bonds. The maximum atomic E-state index is 10.9. The number of carbonyl (C=O) groups is 1. The van der Waals surface area contributed by atoms with E-state index in [2.05, 4.69) is 12.2 Å². The van der Waals surface area contributed by atoms with E-state index in [4.69, 9.17) is 0 Å². The van der Waals surface area contributed by atoms with Crippen molar-refractivity contribution >= 4 is 5.91 Å². The smallest absolute Gasteiger partial charge is 0.219 e. The van der Waals surface area contributed by atoms with Gasteiger partial charge in [-0.3, -0.25) is 4.79 Å². The lowest BCUT2D eigenvalue weighted by molar-refractivity contribution is -0.130. The first kappa shape index (κ1) is 7.32. The second-order valence-electron chi connectivity index (χ2n) is 2.67. The molecule has 0 aromatic heterocycles. The molecule has 0 N–H and O–H groups in total. The fraction of sp³-hybridized carbons (Fsp3) is 0.625. The number of rotatable bonds is 0. The van der Waals surface area contributed by atoms with Crippen molar-refractivity contribution in [1.29, 1.82) is 0 Å². The van der Waals surface area contributed by atoms with E-state index in [1.807, 2.05) is 11.8 Å². The van der Waals surface area contributed by atoms with Crippen LogP contribution in [0.15, 0.2) is 12.2 Å². The third kappa shape index (κ3) is 1.38. The molecular formula is C8H13NO.